The number of rotatable bonds is 6. The molecule has 2 amide bonds. The van der Waals surface area contributed by atoms with E-state index in [4.69, 9.17) is 0 Å². The molecule has 27 heavy (non-hydrogen) atoms. The number of carbonyl (C=O) groups is 2. The first-order valence-corrected chi connectivity index (χ1v) is 10.6. The number of piperidine rings is 1. The summed E-state index contributed by atoms with van der Waals surface area (Å²) in [6.07, 6.45) is 7.66. The van der Waals surface area contributed by atoms with Gasteiger partial charge in [-0.05, 0) is 68.5 Å². The maximum absolute atomic E-state index is 12.6. The van der Waals surface area contributed by atoms with Crippen LogP contribution >= 0.6 is 0 Å². The number of nitrogens with zero attached hydrogens (tertiary/aromatic N) is 1. The molecule has 3 aliphatic rings. The van der Waals surface area contributed by atoms with Gasteiger partial charge in [0.2, 0.25) is 11.8 Å². The van der Waals surface area contributed by atoms with Crippen LogP contribution in [0.1, 0.15) is 55.7 Å². The van der Waals surface area contributed by atoms with E-state index < -0.39 is 0 Å². The summed E-state index contributed by atoms with van der Waals surface area (Å²) >= 11 is 0. The number of nitrogens with one attached hydrogen (secondary N) is 2. The standard InChI is InChI=1S/C22H31N3O2/c26-21(24-20-9-3-6-17-5-1-2-8-19(17)20)15-25-12-4-7-18(14-25)22(27)23-13-16-10-11-16/h1-2,5,8,16,18,20H,3-4,6-7,9-15H2,(H,23,27)(H,24,26)/t18-,20+/m1/s1. The van der Waals surface area contributed by atoms with Gasteiger partial charge in [-0.25, -0.2) is 0 Å². The van der Waals surface area contributed by atoms with Crippen molar-refractivity contribution in [2.45, 2.75) is 51.0 Å². The lowest BCUT2D eigenvalue weighted by atomic mass is 9.88. The molecule has 2 aliphatic carbocycles. The maximum Gasteiger partial charge on any atom is 0.234 e. The van der Waals surface area contributed by atoms with Crippen LogP contribution in [0.4, 0.5) is 0 Å². The molecule has 4 rings (SSSR count). The van der Waals surface area contributed by atoms with Crippen molar-refractivity contribution in [2.75, 3.05) is 26.2 Å². The highest BCUT2D eigenvalue weighted by Gasteiger charge is 2.29. The number of carbonyl (C=O) groups excluding carboxylic acids is 2. The van der Waals surface area contributed by atoms with Gasteiger partial charge in [0.25, 0.3) is 0 Å². The predicted molar refractivity (Wildman–Crippen MR) is 105 cm³/mol. The van der Waals surface area contributed by atoms with E-state index in [-0.39, 0.29) is 23.8 Å². The van der Waals surface area contributed by atoms with Crippen LogP contribution in [-0.2, 0) is 16.0 Å². The molecule has 2 atom stereocenters. The third kappa shape index (κ3) is 4.89. The van der Waals surface area contributed by atoms with Crippen LogP contribution in [0.25, 0.3) is 0 Å². The largest absolute Gasteiger partial charge is 0.356 e. The summed E-state index contributed by atoms with van der Waals surface area (Å²) in [5, 5.41) is 6.33. The lowest BCUT2D eigenvalue weighted by Gasteiger charge is -2.32. The first kappa shape index (κ1) is 18.5. The number of hydrogen-bond acceptors (Lipinski definition) is 3. The van der Waals surface area contributed by atoms with Crippen LogP contribution < -0.4 is 10.6 Å². The van der Waals surface area contributed by atoms with Gasteiger partial charge in [-0.15, -0.1) is 0 Å². The van der Waals surface area contributed by atoms with Gasteiger partial charge in [-0.2, -0.15) is 0 Å². The molecule has 2 fully saturated rings. The Morgan fingerprint density at radius 1 is 1.07 bits per heavy atom. The van der Waals surface area contributed by atoms with Gasteiger partial charge in [0.1, 0.15) is 0 Å². The molecule has 0 unspecified atom stereocenters. The Morgan fingerprint density at radius 3 is 2.78 bits per heavy atom. The number of likely N-dealkylation sites (tertiary alicyclic amines) is 1. The van der Waals surface area contributed by atoms with Crippen LogP contribution in [0.5, 0.6) is 0 Å². The zero-order valence-electron chi connectivity index (χ0n) is 16.1. The smallest absolute Gasteiger partial charge is 0.234 e. The van der Waals surface area contributed by atoms with Crippen molar-refractivity contribution < 1.29 is 9.59 Å². The van der Waals surface area contributed by atoms with E-state index in [1.807, 2.05) is 0 Å². The van der Waals surface area contributed by atoms with Gasteiger partial charge >= 0.3 is 0 Å². The maximum atomic E-state index is 12.6. The minimum atomic E-state index is 0.0284. The number of aryl methyl sites for hydroxylation is 1. The topological polar surface area (TPSA) is 61.4 Å². The van der Waals surface area contributed by atoms with Gasteiger partial charge in [0, 0.05) is 13.1 Å². The molecule has 0 aromatic heterocycles. The van der Waals surface area contributed by atoms with Crippen LogP contribution in [0, 0.1) is 11.8 Å². The molecule has 0 bridgehead atoms. The number of hydrogen-bond donors (Lipinski definition) is 2. The van der Waals surface area contributed by atoms with Gasteiger partial charge in [0.15, 0.2) is 0 Å². The van der Waals surface area contributed by atoms with Gasteiger partial charge in [-0.1, -0.05) is 24.3 Å². The van der Waals surface area contributed by atoms with Crippen LogP contribution in [0.15, 0.2) is 24.3 Å². The van der Waals surface area contributed by atoms with Crippen molar-refractivity contribution >= 4 is 11.8 Å². The fourth-order valence-corrected chi connectivity index (χ4v) is 4.47. The molecule has 2 N–H and O–H groups in total. The molecule has 5 heteroatoms. The van der Waals surface area contributed by atoms with E-state index in [0.717, 1.165) is 45.2 Å². The summed E-state index contributed by atoms with van der Waals surface area (Å²) in [7, 11) is 0. The van der Waals surface area contributed by atoms with Gasteiger partial charge in [-0.3, -0.25) is 14.5 Å². The lowest BCUT2D eigenvalue weighted by molar-refractivity contribution is -0.129. The average Bonchev–Trinajstić information content (AvgIpc) is 3.51. The highest BCUT2D eigenvalue weighted by molar-refractivity contribution is 5.80. The molecule has 1 heterocycles. The van der Waals surface area contributed by atoms with Crippen LogP contribution in [0.2, 0.25) is 0 Å². The summed E-state index contributed by atoms with van der Waals surface area (Å²) in [6, 6.07) is 8.57. The molecule has 1 aromatic carbocycles. The summed E-state index contributed by atoms with van der Waals surface area (Å²) < 4.78 is 0. The summed E-state index contributed by atoms with van der Waals surface area (Å²) in [6.45, 7) is 2.83. The van der Waals surface area contributed by atoms with Crippen molar-refractivity contribution in [2.24, 2.45) is 11.8 Å². The molecule has 146 valence electrons. The normalized spacial score (nSPS) is 25.5. The monoisotopic (exact) mass is 369 g/mol. The first-order valence-electron chi connectivity index (χ1n) is 10.6. The Morgan fingerprint density at radius 2 is 1.93 bits per heavy atom. The van der Waals surface area contributed by atoms with Crippen molar-refractivity contribution in [3.63, 3.8) is 0 Å². The van der Waals surface area contributed by atoms with Crippen LogP contribution in [-0.4, -0.2) is 42.9 Å². The van der Waals surface area contributed by atoms with E-state index in [9.17, 15) is 9.59 Å². The Kier molecular flexibility index (Phi) is 5.77. The number of fused-ring (bicyclic) bond motifs is 1. The number of amides is 2. The second-order valence-electron chi connectivity index (χ2n) is 8.47. The van der Waals surface area contributed by atoms with E-state index in [1.54, 1.807) is 0 Å². The molecular formula is C22H31N3O2. The van der Waals surface area contributed by atoms with Gasteiger partial charge < -0.3 is 10.6 Å². The Labute approximate surface area is 161 Å². The SMILES string of the molecule is O=C(CN1CCC[C@@H](C(=O)NCC2CC2)C1)N[C@H]1CCCc2ccccc21. The van der Waals surface area contributed by atoms with Crippen molar-refractivity contribution in [1.29, 1.82) is 0 Å². The Hall–Kier alpha value is -1.88. The molecule has 5 nitrogen and oxygen atoms in total. The molecular weight excluding hydrogens is 338 g/mol. The summed E-state index contributed by atoms with van der Waals surface area (Å²) in [5.41, 5.74) is 2.63. The number of benzene rings is 1. The molecule has 1 aliphatic heterocycles. The predicted octanol–water partition coefficient (Wildman–Crippen LogP) is 2.42. The fraction of sp³-hybridized carbons (Fsp3) is 0.636. The quantitative estimate of drug-likeness (QED) is 0.810. The molecule has 0 radical (unpaired) electrons. The van der Waals surface area contributed by atoms with E-state index in [1.165, 1.54) is 24.0 Å². The second-order valence-corrected chi connectivity index (χ2v) is 8.47. The molecule has 1 saturated heterocycles. The lowest BCUT2D eigenvalue weighted by Crippen LogP contribution is -2.47. The Balaban J connectivity index is 1.27. The molecule has 1 saturated carbocycles. The third-order valence-corrected chi connectivity index (χ3v) is 6.21. The zero-order chi connectivity index (χ0) is 18.6. The second kappa shape index (κ2) is 8.42. The van der Waals surface area contributed by atoms with Crippen molar-refractivity contribution in [3.05, 3.63) is 35.4 Å². The van der Waals surface area contributed by atoms with E-state index in [0.29, 0.717) is 19.0 Å². The third-order valence-electron chi connectivity index (χ3n) is 6.21. The van der Waals surface area contributed by atoms with Crippen LogP contribution in [0.3, 0.4) is 0 Å². The minimum absolute atomic E-state index is 0.0284. The van der Waals surface area contributed by atoms with E-state index in [2.05, 4.69) is 39.8 Å². The van der Waals surface area contributed by atoms with E-state index >= 15 is 0 Å². The average molecular weight is 370 g/mol. The fourth-order valence-electron chi connectivity index (χ4n) is 4.47. The summed E-state index contributed by atoms with van der Waals surface area (Å²) in [5.74, 6) is 0.988. The zero-order valence-corrected chi connectivity index (χ0v) is 16.1. The first-order chi connectivity index (χ1) is 13.2. The highest BCUT2D eigenvalue weighted by Crippen LogP contribution is 2.29. The molecule has 0 spiro atoms. The summed E-state index contributed by atoms with van der Waals surface area (Å²) in [4.78, 5) is 27.2. The van der Waals surface area contributed by atoms with Crippen molar-refractivity contribution in [3.8, 4) is 0 Å². The minimum Gasteiger partial charge on any atom is -0.356 e. The van der Waals surface area contributed by atoms with Gasteiger partial charge in [0.05, 0.1) is 18.5 Å². The highest BCUT2D eigenvalue weighted by atomic mass is 16.2. The Bertz CT molecular complexity index is 686. The molecule has 1 aromatic rings. The van der Waals surface area contributed by atoms with Crippen molar-refractivity contribution in [1.82, 2.24) is 15.5 Å².